The summed E-state index contributed by atoms with van der Waals surface area (Å²) in [6.45, 7) is 0.715. The van der Waals surface area contributed by atoms with Crippen LogP contribution < -0.4 is 11.1 Å². The molecule has 6 heteroatoms. The number of hydrogen-bond donors (Lipinski definition) is 3. The first-order valence-electron chi connectivity index (χ1n) is 6.74. The van der Waals surface area contributed by atoms with Crippen molar-refractivity contribution in [1.29, 1.82) is 0 Å². The summed E-state index contributed by atoms with van der Waals surface area (Å²) in [5, 5.41) is 13.0. The van der Waals surface area contributed by atoms with Gasteiger partial charge < -0.3 is 20.9 Å². The summed E-state index contributed by atoms with van der Waals surface area (Å²) in [6, 6.07) is 4.13. The Morgan fingerprint density at radius 1 is 1.50 bits per heavy atom. The lowest BCUT2D eigenvalue weighted by Crippen LogP contribution is -2.72. The van der Waals surface area contributed by atoms with E-state index in [1.807, 2.05) is 0 Å². The number of carbonyl (C=O) groups excluding carboxylic acids is 1. The van der Waals surface area contributed by atoms with Gasteiger partial charge in [-0.15, -0.1) is 0 Å². The number of fused-ring (bicyclic) bond motifs is 1. The second-order valence-electron chi connectivity index (χ2n) is 5.38. The Bertz CT molecular complexity index is 537. The van der Waals surface area contributed by atoms with Gasteiger partial charge in [0, 0.05) is 23.6 Å². The number of nitrogens with two attached hydrogens (primary N) is 1. The molecule has 1 aliphatic heterocycles. The predicted molar refractivity (Wildman–Crippen MR) is 74.8 cm³/mol. The van der Waals surface area contributed by atoms with Crippen LogP contribution in [0.2, 0.25) is 5.02 Å². The fourth-order valence-corrected chi connectivity index (χ4v) is 3.22. The van der Waals surface area contributed by atoms with Crippen LogP contribution in [-0.4, -0.2) is 35.8 Å². The number of phenols is 1. The largest absolute Gasteiger partial charge is 0.507 e. The van der Waals surface area contributed by atoms with Gasteiger partial charge >= 0.3 is 0 Å². The lowest BCUT2D eigenvalue weighted by molar-refractivity contribution is -0.117. The highest BCUT2D eigenvalue weighted by Gasteiger charge is 2.51. The molecule has 1 amide bonds. The van der Waals surface area contributed by atoms with Gasteiger partial charge in [-0.25, -0.2) is 0 Å². The Morgan fingerprint density at radius 3 is 3.05 bits per heavy atom. The normalized spacial score (nSPS) is 32.1. The van der Waals surface area contributed by atoms with Gasteiger partial charge in [0.15, 0.2) is 0 Å². The number of ether oxygens (including phenoxy) is 1. The third-order valence-electron chi connectivity index (χ3n) is 4.18. The van der Waals surface area contributed by atoms with Crippen LogP contribution in [0.15, 0.2) is 18.2 Å². The smallest absolute Gasteiger partial charge is 0.255 e. The number of nitrogens with one attached hydrogen (secondary N) is 1. The molecule has 1 aromatic carbocycles. The molecule has 1 saturated carbocycles. The summed E-state index contributed by atoms with van der Waals surface area (Å²) >= 11 is 5.75. The van der Waals surface area contributed by atoms with Crippen molar-refractivity contribution >= 4 is 17.5 Å². The van der Waals surface area contributed by atoms with Crippen molar-refractivity contribution in [2.24, 2.45) is 11.7 Å². The molecule has 0 spiro atoms. The van der Waals surface area contributed by atoms with E-state index in [9.17, 15) is 9.90 Å². The van der Waals surface area contributed by atoms with Gasteiger partial charge in [-0.05, 0) is 31.0 Å². The average Bonchev–Trinajstić information content (AvgIpc) is 2.44. The molecular weight excluding hydrogens is 280 g/mol. The molecule has 2 fully saturated rings. The Hall–Kier alpha value is -1.30. The Labute approximate surface area is 122 Å². The lowest BCUT2D eigenvalue weighted by Gasteiger charge is -2.52. The fourth-order valence-electron chi connectivity index (χ4n) is 3.05. The van der Waals surface area contributed by atoms with Crippen LogP contribution in [0.3, 0.4) is 0 Å². The summed E-state index contributed by atoms with van der Waals surface area (Å²) < 4.78 is 5.67. The molecule has 2 aliphatic rings. The molecule has 1 aliphatic carbocycles. The van der Waals surface area contributed by atoms with Crippen molar-refractivity contribution in [3.63, 3.8) is 0 Å². The van der Waals surface area contributed by atoms with E-state index in [1.165, 1.54) is 12.1 Å². The molecule has 1 aromatic rings. The maximum Gasteiger partial charge on any atom is 0.255 e. The molecule has 0 radical (unpaired) electrons. The number of aromatic hydroxyl groups is 1. The van der Waals surface area contributed by atoms with Gasteiger partial charge in [-0.2, -0.15) is 0 Å². The summed E-state index contributed by atoms with van der Waals surface area (Å²) in [5.41, 5.74) is 6.28. The molecule has 4 N–H and O–H groups in total. The summed E-state index contributed by atoms with van der Waals surface area (Å²) in [7, 11) is 0. The van der Waals surface area contributed by atoms with Gasteiger partial charge in [-0.1, -0.05) is 11.6 Å². The van der Waals surface area contributed by atoms with E-state index in [4.69, 9.17) is 22.1 Å². The molecule has 4 unspecified atom stereocenters. The maximum atomic E-state index is 12.2. The molecule has 5 nitrogen and oxygen atoms in total. The van der Waals surface area contributed by atoms with Crippen LogP contribution in [-0.2, 0) is 4.74 Å². The minimum atomic E-state index is -0.354. The molecule has 108 valence electrons. The number of carbonyl (C=O) groups is 1. The number of halogens is 1. The van der Waals surface area contributed by atoms with Crippen LogP contribution in [0, 0.1) is 5.92 Å². The van der Waals surface area contributed by atoms with Crippen LogP contribution in [0.4, 0.5) is 0 Å². The number of phenolic OH excluding ortho intramolecular Hbond substituents is 1. The van der Waals surface area contributed by atoms with Gasteiger partial charge in [-0.3, -0.25) is 4.79 Å². The van der Waals surface area contributed by atoms with Crippen molar-refractivity contribution in [3.8, 4) is 5.75 Å². The second kappa shape index (κ2) is 5.24. The van der Waals surface area contributed by atoms with Gasteiger partial charge in [0.05, 0.1) is 17.7 Å². The van der Waals surface area contributed by atoms with E-state index in [1.54, 1.807) is 6.07 Å². The predicted octanol–water partition coefficient (Wildman–Crippen LogP) is 1.28. The topological polar surface area (TPSA) is 84.6 Å². The highest BCUT2D eigenvalue weighted by Crippen LogP contribution is 2.37. The van der Waals surface area contributed by atoms with E-state index < -0.39 is 0 Å². The minimum Gasteiger partial charge on any atom is -0.507 e. The van der Waals surface area contributed by atoms with E-state index in [-0.39, 0.29) is 35.4 Å². The van der Waals surface area contributed by atoms with Crippen LogP contribution in [0.1, 0.15) is 23.2 Å². The first-order valence-corrected chi connectivity index (χ1v) is 7.12. The minimum absolute atomic E-state index is 0.00265. The van der Waals surface area contributed by atoms with E-state index in [0.29, 0.717) is 17.5 Å². The monoisotopic (exact) mass is 296 g/mol. The van der Waals surface area contributed by atoms with Crippen LogP contribution >= 0.6 is 11.6 Å². The molecule has 20 heavy (non-hydrogen) atoms. The zero-order chi connectivity index (χ0) is 14.3. The standard InChI is InChI=1S/C14H17ClN2O3/c15-7-3-4-8(10(18)6-7)14(19)17-12-11(16)9-2-1-5-20-13(9)12/h3-4,6,9,11-13,18H,1-2,5,16H2,(H,17,19). The Balaban J connectivity index is 1.70. The molecule has 1 saturated heterocycles. The molecule has 0 aromatic heterocycles. The van der Waals surface area contributed by atoms with Crippen molar-refractivity contribution in [2.75, 3.05) is 6.61 Å². The fraction of sp³-hybridized carbons (Fsp3) is 0.500. The van der Waals surface area contributed by atoms with Gasteiger partial charge in [0.25, 0.3) is 5.91 Å². The highest BCUT2D eigenvalue weighted by atomic mass is 35.5. The quantitative estimate of drug-likeness (QED) is 0.767. The molecule has 3 rings (SSSR count). The first kappa shape index (κ1) is 13.7. The van der Waals surface area contributed by atoms with Crippen LogP contribution in [0.5, 0.6) is 5.75 Å². The third-order valence-corrected chi connectivity index (χ3v) is 4.41. The summed E-state index contributed by atoms with van der Waals surface area (Å²) in [4.78, 5) is 12.2. The molecule has 4 atom stereocenters. The van der Waals surface area contributed by atoms with E-state index >= 15 is 0 Å². The molecule has 0 bridgehead atoms. The average molecular weight is 297 g/mol. The van der Waals surface area contributed by atoms with Crippen molar-refractivity contribution in [1.82, 2.24) is 5.32 Å². The number of amides is 1. The zero-order valence-corrected chi connectivity index (χ0v) is 11.6. The maximum absolute atomic E-state index is 12.2. The van der Waals surface area contributed by atoms with Gasteiger partial charge in [0.2, 0.25) is 0 Å². The van der Waals surface area contributed by atoms with E-state index in [2.05, 4.69) is 5.32 Å². The summed E-state index contributed by atoms with van der Waals surface area (Å²) in [6.07, 6.45) is 2.06. The lowest BCUT2D eigenvalue weighted by atomic mass is 9.68. The van der Waals surface area contributed by atoms with Crippen LogP contribution in [0.25, 0.3) is 0 Å². The van der Waals surface area contributed by atoms with E-state index in [0.717, 1.165) is 12.8 Å². The van der Waals surface area contributed by atoms with Crippen molar-refractivity contribution in [2.45, 2.75) is 31.0 Å². The Morgan fingerprint density at radius 2 is 2.30 bits per heavy atom. The third kappa shape index (κ3) is 2.26. The number of hydrogen-bond acceptors (Lipinski definition) is 4. The Kier molecular flexibility index (Phi) is 3.58. The highest BCUT2D eigenvalue weighted by molar-refractivity contribution is 6.30. The van der Waals surface area contributed by atoms with Crippen molar-refractivity contribution in [3.05, 3.63) is 28.8 Å². The molecule has 1 heterocycles. The van der Waals surface area contributed by atoms with Crippen molar-refractivity contribution < 1.29 is 14.6 Å². The second-order valence-corrected chi connectivity index (χ2v) is 5.82. The summed E-state index contributed by atoms with van der Waals surface area (Å²) in [5.74, 6) is -0.163. The number of benzene rings is 1. The zero-order valence-electron chi connectivity index (χ0n) is 10.9. The van der Waals surface area contributed by atoms with Gasteiger partial charge in [0.1, 0.15) is 5.75 Å². The SMILES string of the molecule is NC1C2CCCOC2C1NC(=O)c1ccc(Cl)cc1O. The number of rotatable bonds is 2. The first-order chi connectivity index (χ1) is 9.58. The molecular formula is C14H17ClN2O3.